The minimum absolute atomic E-state index is 0.0183. The second kappa shape index (κ2) is 7.57. The molecule has 0 bridgehead atoms. The van der Waals surface area contributed by atoms with Gasteiger partial charge in [0.15, 0.2) is 5.78 Å². The zero-order chi connectivity index (χ0) is 21.6. The Bertz CT molecular complexity index is 999. The topological polar surface area (TPSA) is 110 Å². The number of aliphatic hydroxyl groups excluding tert-OH is 1. The van der Waals surface area contributed by atoms with E-state index in [9.17, 15) is 24.6 Å². The number of ketones is 1. The number of esters is 2. The van der Waals surface area contributed by atoms with Crippen molar-refractivity contribution in [3.63, 3.8) is 0 Å². The molecule has 7 nitrogen and oxygen atoms in total. The van der Waals surface area contributed by atoms with E-state index in [1.54, 1.807) is 19.1 Å². The number of phenolic OH excluding ortho intramolecular Hbond substituents is 1. The van der Waals surface area contributed by atoms with Gasteiger partial charge in [0.1, 0.15) is 18.5 Å². The molecule has 1 saturated heterocycles. The molecule has 1 fully saturated rings. The Labute approximate surface area is 173 Å². The third kappa shape index (κ3) is 3.45. The second-order valence-corrected chi connectivity index (χ2v) is 7.95. The number of aromatic hydroxyl groups is 1. The molecule has 1 aromatic rings. The first-order chi connectivity index (χ1) is 14.3. The number of ether oxygens (including phenoxy) is 2. The van der Waals surface area contributed by atoms with Gasteiger partial charge >= 0.3 is 11.9 Å². The van der Waals surface area contributed by atoms with E-state index >= 15 is 0 Å². The van der Waals surface area contributed by atoms with Crippen LogP contribution in [0.5, 0.6) is 5.75 Å². The lowest BCUT2D eigenvalue weighted by Gasteiger charge is -2.26. The molecule has 4 rings (SSSR count). The van der Waals surface area contributed by atoms with Crippen molar-refractivity contribution in [1.29, 1.82) is 0 Å². The van der Waals surface area contributed by atoms with E-state index in [2.05, 4.69) is 6.58 Å². The van der Waals surface area contributed by atoms with E-state index in [4.69, 9.17) is 9.47 Å². The van der Waals surface area contributed by atoms with Gasteiger partial charge in [-0.1, -0.05) is 24.3 Å². The lowest BCUT2D eigenvalue weighted by atomic mass is 9.82. The van der Waals surface area contributed by atoms with Crippen LogP contribution in [0.25, 0.3) is 0 Å². The van der Waals surface area contributed by atoms with Crippen LogP contribution in [0.1, 0.15) is 18.9 Å². The van der Waals surface area contributed by atoms with Gasteiger partial charge in [-0.2, -0.15) is 0 Å². The van der Waals surface area contributed by atoms with Crippen molar-refractivity contribution in [3.05, 3.63) is 64.8 Å². The smallest absolute Gasteiger partial charge is 0.334 e. The average Bonchev–Trinajstić information content (AvgIpc) is 3.14. The Morgan fingerprint density at radius 2 is 1.97 bits per heavy atom. The molecule has 2 aliphatic carbocycles. The molecule has 0 amide bonds. The summed E-state index contributed by atoms with van der Waals surface area (Å²) in [6, 6.07) is 6.22. The maximum absolute atomic E-state index is 12.7. The number of hydrogen-bond acceptors (Lipinski definition) is 7. The molecule has 2 N–H and O–H groups in total. The van der Waals surface area contributed by atoms with E-state index in [-0.39, 0.29) is 36.6 Å². The molecule has 0 radical (unpaired) electrons. The minimum atomic E-state index is -0.877. The monoisotopic (exact) mass is 410 g/mol. The minimum Gasteiger partial charge on any atom is -0.508 e. The van der Waals surface area contributed by atoms with Crippen molar-refractivity contribution in [2.24, 2.45) is 11.8 Å². The Hall–Kier alpha value is -3.19. The van der Waals surface area contributed by atoms with Crippen molar-refractivity contribution in [3.8, 4) is 5.75 Å². The fraction of sp³-hybridized carbons (Fsp3) is 0.348. The van der Waals surface area contributed by atoms with Gasteiger partial charge in [-0.25, -0.2) is 4.79 Å². The molecule has 4 atom stereocenters. The van der Waals surface area contributed by atoms with Gasteiger partial charge in [0.05, 0.1) is 24.4 Å². The summed E-state index contributed by atoms with van der Waals surface area (Å²) in [7, 11) is 0. The summed E-state index contributed by atoms with van der Waals surface area (Å²) in [6.07, 6.45) is 0.0702. The number of allylic oxidation sites excluding steroid dienone is 1. The first-order valence-electron chi connectivity index (χ1n) is 9.72. The lowest BCUT2D eigenvalue weighted by molar-refractivity contribution is -0.144. The zero-order valence-electron chi connectivity index (χ0n) is 16.5. The van der Waals surface area contributed by atoms with E-state index in [1.165, 1.54) is 18.2 Å². The van der Waals surface area contributed by atoms with Crippen molar-refractivity contribution in [2.45, 2.75) is 32.0 Å². The summed E-state index contributed by atoms with van der Waals surface area (Å²) in [4.78, 5) is 37.0. The van der Waals surface area contributed by atoms with Crippen molar-refractivity contribution >= 4 is 17.7 Å². The first-order valence-corrected chi connectivity index (χ1v) is 9.72. The maximum Gasteiger partial charge on any atom is 0.334 e. The third-order valence-electron chi connectivity index (χ3n) is 5.96. The van der Waals surface area contributed by atoms with Crippen LogP contribution >= 0.6 is 0 Å². The molecular weight excluding hydrogens is 388 g/mol. The molecule has 0 aromatic heterocycles. The average molecular weight is 410 g/mol. The molecule has 4 unspecified atom stereocenters. The Morgan fingerprint density at radius 3 is 2.67 bits per heavy atom. The Morgan fingerprint density at radius 1 is 1.27 bits per heavy atom. The highest BCUT2D eigenvalue weighted by atomic mass is 16.6. The molecule has 0 spiro atoms. The van der Waals surface area contributed by atoms with Gasteiger partial charge in [-0.15, -0.1) is 0 Å². The molecule has 3 aliphatic rings. The molecule has 1 aliphatic heterocycles. The van der Waals surface area contributed by atoms with Crippen LogP contribution in [0.4, 0.5) is 0 Å². The molecule has 7 heteroatoms. The summed E-state index contributed by atoms with van der Waals surface area (Å²) in [6.45, 7) is 5.42. The summed E-state index contributed by atoms with van der Waals surface area (Å²) in [5, 5.41) is 19.9. The molecule has 1 aromatic carbocycles. The third-order valence-corrected chi connectivity index (χ3v) is 5.96. The van der Waals surface area contributed by atoms with E-state index in [0.717, 1.165) is 5.57 Å². The number of fused-ring (bicyclic) bond motifs is 3. The van der Waals surface area contributed by atoms with Crippen LogP contribution in [0.2, 0.25) is 0 Å². The fourth-order valence-electron chi connectivity index (χ4n) is 4.54. The number of rotatable bonds is 4. The molecule has 156 valence electrons. The highest BCUT2D eigenvalue weighted by Gasteiger charge is 2.53. The van der Waals surface area contributed by atoms with Gasteiger partial charge in [-0.05, 0) is 42.7 Å². The van der Waals surface area contributed by atoms with Gasteiger partial charge in [0, 0.05) is 11.1 Å². The summed E-state index contributed by atoms with van der Waals surface area (Å²) in [5.41, 5.74) is 2.65. The fourth-order valence-corrected chi connectivity index (χ4v) is 4.54. The number of phenols is 1. The molecule has 1 heterocycles. The van der Waals surface area contributed by atoms with Crippen LogP contribution in [0.15, 0.2) is 59.2 Å². The predicted octanol–water partition coefficient (Wildman–Crippen LogP) is 1.78. The zero-order valence-corrected chi connectivity index (χ0v) is 16.5. The van der Waals surface area contributed by atoms with E-state index < -0.39 is 36.0 Å². The Kier molecular flexibility index (Phi) is 5.07. The second-order valence-electron chi connectivity index (χ2n) is 7.95. The predicted molar refractivity (Wildman–Crippen MR) is 105 cm³/mol. The van der Waals surface area contributed by atoms with E-state index in [0.29, 0.717) is 16.7 Å². The molecular formula is C23H22O7. The van der Waals surface area contributed by atoms with E-state index in [1.807, 2.05) is 0 Å². The highest BCUT2D eigenvalue weighted by molar-refractivity contribution is 6.09. The summed E-state index contributed by atoms with van der Waals surface area (Å²) >= 11 is 0. The summed E-state index contributed by atoms with van der Waals surface area (Å²) in [5.74, 6) is -2.36. The van der Waals surface area contributed by atoms with Crippen LogP contribution in [0.3, 0.4) is 0 Å². The van der Waals surface area contributed by atoms with Gasteiger partial charge in [0.25, 0.3) is 0 Å². The SMILES string of the molecule is C=C1C(=O)OC2C3C(COC(=O)Cc4ccc(O)cc4)=CC(=O)C3=C(C)CC(O)C12. The standard InChI is InChI=1S/C23H22O7/c1-11-7-16(25)20-12(2)23(28)30-22(20)21-14(9-17(26)19(11)21)10-29-18(27)8-13-3-5-15(24)6-4-13/h3-6,9,16,20-22,24-25H,2,7-8,10H2,1H3. The highest BCUT2D eigenvalue weighted by Crippen LogP contribution is 2.47. The number of hydrogen-bond donors (Lipinski definition) is 2. The largest absolute Gasteiger partial charge is 0.508 e. The molecule has 30 heavy (non-hydrogen) atoms. The van der Waals surface area contributed by atoms with Gasteiger partial charge in [-0.3, -0.25) is 9.59 Å². The van der Waals surface area contributed by atoms with Gasteiger partial charge < -0.3 is 19.7 Å². The number of carbonyl (C=O) groups excluding carboxylic acids is 3. The van der Waals surface area contributed by atoms with Gasteiger partial charge in [0.2, 0.25) is 0 Å². The Balaban J connectivity index is 1.53. The normalized spacial score (nSPS) is 27.9. The lowest BCUT2D eigenvalue weighted by Crippen LogP contribution is -2.34. The maximum atomic E-state index is 12.7. The van der Waals surface area contributed by atoms with Crippen LogP contribution in [-0.2, 0) is 30.3 Å². The number of carbonyl (C=O) groups is 3. The molecule has 0 saturated carbocycles. The number of aliphatic hydroxyl groups is 1. The quantitative estimate of drug-likeness (QED) is 0.575. The van der Waals surface area contributed by atoms with Crippen LogP contribution in [0, 0.1) is 11.8 Å². The van der Waals surface area contributed by atoms with Crippen LogP contribution in [-0.4, -0.2) is 46.7 Å². The van der Waals surface area contributed by atoms with Crippen molar-refractivity contribution in [1.82, 2.24) is 0 Å². The van der Waals surface area contributed by atoms with Crippen LogP contribution < -0.4 is 0 Å². The first kappa shape index (κ1) is 20.1. The summed E-state index contributed by atoms with van der Waals surface area (Å²) < 4.78 is 10.9. The van der Waals surface area contributed by atoms with Crippen molar-refractivity contribution < 1.29 is 34.1 Å². The van der Waals surface area contributed by atoms with Crippen molar-refractivity contribution in [2.75, 3.05) is 6.61 Å². The number of benzene rings is 1.